The second kappa shape index (κ2) is 11.6. The number of amides is 4. The Morgan fingerprint density at radius 1 is 1.06 bits per heavy atom. The van der Waals surface area contributed by atoms with Crippen LogP contribution in [0.15, 0.2) is 30.3 Å². The Labute approximate surface area is 208 Å². The maximum atomic E-state index is 14.0. The largest absolute Gasteiger partial charge is 0.444 e. The lowest BCUT2D eigenvalue weighted by atomic mass is 9.87. The fraction of sp³-hybridized carbons (Fsp3) is 0.615. The van der Waals surface area contributed by atoms with E-state index in [-0.39, 0.29) is 24.8 Å². The number of benzene rings is 1. The molecular weight excluding hydrogens is 448 g/mol. The number of rotatable bonds is 9. The number of alkyl carbamates (subject to hydrolysis) is 1. The predicted octanol–water partition coefficient (Wildman–Crippen LogP) is 3.18. The first-order chi connectivity index (χ1) is 16.2. The van der Waals surface area contributed by atoms with Crippen LogP contribution in [-0.4, -0.2) is 51.9 Å². The van der Waals surface area contributed by atoms with Crippen molar-refractivity contribution in [1.29, 1.82) is 0 Å². The summed E-state index contributed by atoms with van der Waals surface area (Å²) in [5.41, 5.74) is 4.73. The highest BCUT2D eigenvalue weighted by molar-refractivity contribution is 5.93. The monoisotopic (exact) mass is 488 g/mol. The minimum absolute atomic E-state index is 0.000963. The van der Waals surface area contributed by atoms with E-state index >= 15 is 0 Å². The van der Waals surface area contributed by atoms with Crippen molar-refractivity contribution in [2.75, 3.05) is 0 Å². The molecule has 0 saturated heterocycles. The third-order valence-corrected chi connectivity index (χ3v) is 5.53. The zero-order valence-corrected chi connectivity index (χ0v) is 21.7. The molecule has 1 aliphatic rings. The molecule has 1 aromatic rings. The zero-order valence-electron chi connectivity index (χ0n) is 21.7. The van der Waals surface area contributed by atoms with Crippen molar-refractivity contribution in [3.05, 3.63) is 35.9 Å². The summed E-state index contributed by atoms with van der Waals surface area (Å²) in [6, 6.07) is 6.96. The first kappa shape index (κ1) is 28.1. The third kappa shape index (κ3) is 8.88. The van der Waals surface area contributed by atoms with Gasteiger partial charge in [-0.1, -0.05) is 30.3 Å². The van der Waals surface area contributed by atoms with Crippen LogP contribution in [0.5, 0.6) is 0 Å². The topological polar surface area (TPSA) is 131 Å². The summed E-state index contributed by atoms with van der Waals surface area (Å²) >= 11 is 0. The van der Waals surface area contributed by atoms with Crippen molar-refractivity contribution in [3.63, 3.8) is 0 Å². The van der Waals surface area contributed by atoms with Crippen LogP contribution in [0.25, 0.3) is 0 Å². The van der Waals surface area contributed by atoms with E-state index in [1.807, 2.05) is 51.1 Å². The second-order valence-corrected chi connectivity index (χ2v) is 11.1. The van der Waals surface area contributed by atoms with Gasteiger partial charge in [0, 0.05) is 18.0 Å². The van der Waals surface area contributed by atoms with Crippen LogP contribution in [0, 0.1) is 0 Å². The van der Waals surface area contributed by atoms with E-state index in [0.717, 1.165) is 19.3 Å². The lowest BCUT2D eigenvalue weighted by Gasteiger charge is -2.44. The van der Waals surface area contributed by atoms with Crippen molar-refractivity contribution in [1.82, 2.24) is 15.5 Å². The maximum absolute atomic E-state index is 14.0. The Hall–Kier alpha value is -3.10. The van der Waals surface area contributed by atoms with Gasteiger partial charge in [0.2, 0.25) is 17.7 Å². The van der Waals surface area contributed by atoms with Crippen molar-refractivity contribution in [2.45, 2.75) is 103 Å². The molecule has 2 rings (SSSR count). The molecule has 1 aliphatic carbocycles. The molecule has 1 saturated carbocycles. The van der Waals surface area contributed by atoms with Gasteiger partial charge in [-0.05, 0) is 72.8 Å². The molecule has 2 unspecified atom stereocenters. The van der Waals surface area contributed by atoms with E-state index in [4.69, 9.17) is 10.5 Å². The molecule has 2 atom stereocenters. The quantitative estimate of drug-likeness (QED) is 0.491. The number of hydrogen-bond donors (Lipinski definition) is 3. The lowest BCUT2D eigenvalue weighted by molar-refractivity contribution is -0.148. The molecule has 9 heteroatoms. The fourth-order valence-electron chi connectivity index (χ4n) is 3.87. The molecule has 0 aliphatic heterocycles. The number of ether oxygens (including phenoxy) is 1. The Kier molecular flexibility index (Phi) is 9.29. The molecular formula is C26H40N4O5. The molecule has 0 bridgehead atoms. The minimum atomic E-state index is -1.08. The van der Waals surface area contributed by atoms with Crippen molar-refractivity contribution < 1.29 is 23.9 Å². The van der Waals surface area contributed by atoms with E-state index in [1.165, 1.54) is 0 Å². The molecule has 0 heterocycles. The number of primary amides is 1. The molecule has 35 heavy (non-hydrogen) atoms. The van der Waals surface area contributed by atoms with Crippen LogP contribution in [0.1, 0.15) is 85.3 Å². The van der Waals surface area contributed by atoms with Gasteiger partial charge in [-0.15, -0.1) is 0 Å². The summed E-state index contributed by atoms with van der Waals surface area (Å²) in [5, 5.41) is 5.61. The van der Waals surface area contributed by atoms with Crippen LogP contribution < -0.4 is 16.4 Å². The summed E-state index contributed by atoms with van der Waals surface area (Å²) in [4.78, 5) is 53.2. The molecule has 4 N–H and O–H groups in total. The van der Waals surface area contributed by atoms with Gasteiger partial charge in [0.1, 0.15) is 17.7 Å². The molecule has 194 valence electrons. The summed E-state index contributed by atoms with van der Waals surface area (Å²) in [6.07, 6.45) is 1.54. The molecule has 0 aromatic heterocycles. The van der Waals surface area contributed by atoms with Gasteiger partial charge >= 0.3 is 6.09 Å². The first-order valence-corrected chi connectivity index (χ1v) is 12.1. The smallest absolute Gasteiger partial charge is 0.408 e. The standard InChI is InChI=1S/C26H40N4O5/c1-25(2,3)29-22(32)21(17-11-8-7-9-12-17)30(18-13-10-14-18)23(33)19(15-16-20(27)31)28-24(34)35-26(4,5)6/h7-9,11-12,18-19,21H,10,13-16H2,1-6H3,(H2,27,31)(H,28,34)(H,29,32). The Balaban J connectivity index is 2.46. The Morgan fingerprint density at radius 2 is 1.66 bits per heavy atom. The van der Waals surface area contributed by atoms with E-state index in [1.54, 1.807) is 25.7 Å². The Morgan fingerprint density at radius 3 is 2.11 bits per heavy atom. The number of hydrogen-bond acceptors (Lipinski definition) is 5. The predicted molar refractivity (Wildman–Crippen MR) is 133 cm³/mol. The molecule has 9 nitrogen and oxygen atoms in total. The SMILES string of the molecule is CC(C)(C)NC(=O)C(c1ccccc1)N(C(=O)C(CCC(N)=O)NC(=O)OC(C)(C)C)C1CCC1. The highest BCUT2D eigenvalue weighted by Gasteiger charge is 2.42. The first-order valence-electron chi connectivity index (χ1n) is 12.1. The average Bonchev–Trinajstić information content (AvgIpc) is 2.66. The lowest BCUT2D eigenvalue weighted by Crippen LogP contribution is -2.58. The normalized spacial score (nSPS) is 15.8. The van der Waals surface area contributed by atoms with Gasteiger partial charge in [-0.25, -0.2) is 4.79 Å². The minimum Gasteiger partial charge on any atom is -0.444 e. The summed E-state index contributed by atoms with van der Waals surface area (Å²) in [7, 11) is 0. The van der Waals surface area contributed by atoms with Crippen LogP contribution in [0.3, 0.4) is 0 Å². The van der Waals surface area contributed by atoms with Crippen LogP contribution in [0.4, 0.5) is 4.79 Å². The van der Waals surface area contributed by atoms with Crippen molar-refractivity contribution in [2.24, 2.45) is 5.73 Å². The fourth-order valence-corrected chi connectivity index (χ4v) is 3.87. The summed E-state index contributed by atoms with van der Waals surface area (Å²) < 4.78 is 5.35. The zero-order chi connectivity index (χ0) is 26.4. The van der Waals surface area contributed by atoms with Crippen LogP contribution >= 0.6 is 0 Å². The van der Waals surface area contributed by atoms with Gasteiger partial charge in [0.05, 0.1) is 0 Å². The molecule has 0 spiro atoms. The van der Waals surface area contributed by atoms with Gasteiger partial charge in [-0.3, -0.25) is 14.4 Å². The van der Waals surface area contributed by atoms with Gasteiger partial charge in [0.15, 0.2) is 0 Å². The average molecular weight is 489 g/mol. The number of nitrogens with one attached hydrogen (secondary N) is 2. The summed E-state index contributed by atoms with van der Waals surface area (Å²) in [6.45, 7) is 10.8. The highest BCUT2D eigenvalue weighted by Crippen LogP contribution is 2.34. The summed E-state index contributed by atoms with van der Waals surface area (Å²) in [5.74, 6) is -1.34. The van der Waals surface area contributed by atoms with Crippen molar-refractivity contribution >= 4 is 23.8 Å². The third-order valence-electron chi connectivity index (χ3n) is 5.53. The van der Waals surface area contributed by atoms with Crippen LogP contribution in [-0.2, 0) is 19.1 Å². The Bertz CT molecular complexity index is 901. The molecule has 1 fully saturated rings. The maximum Gasteiger partial charge on any atom is 0.408 e. The van der Waals surface area contributed by atoms with E-state index in [9.17, 15) is 19.2 Å². The van der Waals surface area contributed by atoms with E-state index in [2.05, 4.69) is 10.6 Å². The highest BCUT2D eigenvalue weighted by atomic mass is 16.6. The van der Waals surface area contributed by atoms with E-state index < -0.39 is 41.1 Å². The number of carbonyl (C=O) groups is 4. The van der Waals surface area contributed by atoms with Gasteiger partial charge in [-0.2, -0.15) is 0 Å². The molecule has 1 aromatic carbocycles. The molecule has 0 radical (unpaired) electrons. The number of carbonyl (C=O) groups excluding carboxylic acids is 4. The number of nitrogens with zero attached hydrogens (tertiary/aromatic N) is 1. The van der Waals surface area contributed by atoms with E-state index in [0.29, 0.717) is 5.56 Å². The van der Waals surface area contributed by atoms with Crippen molar-refractivity contribution in [3.8, 4) is 0 Å². The van der Waals surface area contributed by atoms with Crippen LogP contribution in [0.2, 0.25) is 0 Å². The van der Waals surface area contributed by atoms with Gasteiger partial charge in [0.25, 0.3) is 0 Å². The second-order valence-electron chi connectivity index (χ2n) is 11.1. The van der Waals surface area contributed by atoms with Gasteiger partial charge < -0.3 is 26.0 Å². The molecule has 4 amide bonds. The number of nitrogens with two attached hydrogens (primary N) is 1.